The van der Waals surface area contributed by atoms with Crippen LogP contribution >= 0.6 is 0 Å². The van der Waals surface area contributed by atoms with E-state index in [2.05, 4.69) is 22.4 Å². The largest absolute Gasteiger partial charge is 0.490 e. The van der Waals surface area contributed by atoms with Crippen LogP contribution in [0.2, 0.25) is 0 Å². The molecule has 0 radical (unpaired) electrons. The van der Waals surface area contributed by atoms with E-state index in [1.165, 1.54) is 10.9 Å². The van der Waals surface area contributed by atoms with Crippen LogP contribution in [0.15, 0.2) is 54.7 Å². The van der Waals surface area contributed by atoms with Gasteiger partial charge in [0, 0.05) is 30.1 Å². The summed E-state index contributed by atoms with van der Waals surface area (Å²) in [6.07, 6.45) is 3.94. The Morgan fingerprint density at radius 3 is 2.59 bits per heavy atom. The fraction of sp³-hybridized carbons (Fsp3) is 0.318. The Balaban J connectivity index is 1.35. The van der Waals surface area contributed by atoms with Gasteiger partial charge in [-0.3, -0.25) is 4.79 Å². The minimum Gasteiger partial charge on any atom is -0.490 e. The third kappa shape index (κ3) is 5.26. The number of aromatic nitrogens is 1. The zero-order chi connectivity index (χ0) is 18.9. The predicted octanol–water partition coefficient (Wildman–Crippen LogP) is 4.08. The lowest BCUT2D eigenvalue weighted by molar-refractivity contribution is -0.121. The van der Waals surface area contributed by atoms with Crippen molar-refractivity contribution < 1.29 is 14.3 Å². The van der Waals surface area contributed by atoms with Crippen molar-refractivity contribution in [3.63, 3.8) is 0 Å². The maximum atomic E-state index is 12.0. The van der Waals surface area contributed by atoms with Crippen molar-refractivity contribution in [2.75, 3.05) is 19.8 Å². The van der Waals surface area contributed by atoms with E-state index in [0.29, 0.717) is 32.6 Å². The van der Waals surface area contributed by atoms with Gasteiger partial charge in [0.1, 0.15) is 0 Å². The van der Waals surface area contributed by atoms with Crippen LogP contribution in [0.25, 0.3) is 10.9 Å². The van der Waals surface area contributed by atoms with Gasteiger partial charge in [-0.2, -0.15) is 0 Å². The first-order chi connectivity index (χ1) is 13.3. The molecule has 142 valence electrons. The molecular weight excluding hydrogens is 340 g/mol. The van der Waals surface area contributed by atoms with Gasteiger partial charge in [0.05, 0.1) is 13.2 Å². The lowest BCUT2D eigenvalue weighted by atomic mass is 10.1. The van der Waals surface area contributed by atoms with Gasteiger partial charge in [-0.1, -0.05) is 30.3 Å². The molecule has 1 amide bonds. The summed E-state index contributed by atoms with van der Waals surface area (Å²) in [6, 6.07) is 15.8. The van der Waals surface area contributed by atoms with Crippen molar-refractivity contribution in [1.82, 2.24) is 10.3 Å². The number of para-hydroxylation sites is 3. The zero-order valence-electron chi connectivity index (χ0n) is 15.7. The van der Waals surface area contributed by atoms with Gasteiger partial charge < -0.3 is 19.8 Å². The van der Waals surface area contributed by atoms with Crippen LogP contribution in [0.5, 0.6) is 11.5 Å². The lowest BCUT2D eigenvalue weighted by Gasteiger charge is -2.11. The minimum atomic E-state index is 0.0523. The molecule has 3 rings (SSSR count). The molecule has 1 aromatic heterocycles. The second kappa shape index (κ2) is 9.67. The SMILES string of the molecule is CCOc1ccccc1OCCCC(=O)NCCc1c[nH]c2ccccc12. The number of aromatic amines is 1. The van der Waals surface area contributed by atoms with Crippen molar-refractivity contribution in [1.29, 1.82) is 0 Å². The van der Waals surface area contributed by atoms with E-state index in [1.807, 2.05) is 49.5 Å². The molecule has 0 aliphatic heterocycles. The first-order valence-corrected chi connectivity index (χ1v) is 9.44. The molecule has 0 bridgehead atoms. The third-order valence-corrected chi connectivity index (χ3v) is 4.35. The van der Waals surface area contributed by atoms with Crippen LogP contribution in [-0.2, 0) is 11.2 Å². The van der Waals surface area contributed by atoms with Gasteiger partial charge in [-0.25, -0.2) is 0 Å². The molecular formula is C22H26N2O3. The number of hydrogen-bond donors (Lipinski definition) is 2. The summed E-state index contributed by atoms with van der Waals surface area (Å²) in [4.78, 5) is 15.3. The average molecular weight is 366 g/mol. The molecule has 2 aromatic carbocycles. The number of ether oxygens (including phenoxy) is 2. The smallest absolute Gasteiger partial charge is 0.220 e. The van der Waals surface area contributed by atoms with E-state index in [-0.39, 0.29) is 5.91 Å². The van der Waals surface area contributed by atoms with Gasteiger partial charge in [-0.15, -0.1) is 0 Å². The van der Waals surface area contributed by atoms with Crippen molar-refractivity contribution in [2.24, 2.45) is 0 Å². The molecule has 0 saturated carbocycles. The highest BCUT2D eigenvalue weighted by Gasteiger charge is 2.06. The van der Waals surface area contributed by atoms with Crippen LogP contribution in [0.3, 0.4) is 0 Å². The molecule has 0 spiro atoms. The van der Waals surface area contributed by atoms with Crippen LogP contribution < -0.4 is 14.8 Å². The Morgan fingerprint density at radius 1 is 1.04 bits per heavy atom. The number of hydrogen-bond acceptors (Lipinski definition) is 3. The molecule has 5 nitrogen and oxygen atoms in total. The van der Waals surface area contributed by atoms with Crippen LogP contribution in [0.4, 0.5) is 0 Å². The van der Waals surface area contributed by atoms with Gasteiger partial charge in [-0.05, 0) is 43.5 Å². The Hall–Kier alpha value is -2.95. The second-order valence-corrected chi connectivity index (χ2v) is 6.29. The second-order valence-electron chi connectivity index (χ2n) is 6.29. The van der Waals surface area contributed by atoms with E-state index < -0.39 is 0 Å². The number of H-pyrrole nitrogens is 1. The summed E-state index contributed by atoms with van der Waals surface area (Å²) < 4.78 is 11.3. The molecule has 0 aliphatic rings. The molecule has 0 atom stereocenters. The Kier molecular flexibility index (Phi) is 6.74. The monoisotopic (exact) mass is 366 g/mol. The summed E-state index contributed by atoms with van der Waals surface area (Å²) in [6.45, 7) is 3.66. The zero-order valence-corrected chi connectivity index (χ0v) is 15.7. The molecule has 3 aromatic rings. The van der Waals surface area contributed by atoms with Crippen molar-refractivity contribution in [2.45, 2.75) is 26.2 Å². The van der Waals surface area contributed by atoms with E-state index in [0.717, 1.165) is 23.4 Å². The van der Waals surface area contributed by atoms with Crippen LogP contribution in [0.1, 0.15) is 25.3 Å². The first kappa shape index (κ1) is 18.8. The number of rotatable bonds is 10. The normalized spacial score (nSPS) is 10.7. The van der Waals surface area contributed by atoms with Crippen LogP contribution in [0, 0.1) is 0 Å². The number of fused-ring (bicyclic) bond motifs is 1. The predicted molar refractivity (Wildman–Crippen MR) is 107 cm³/mol. The molecule has 0 fully saturated rings. The molecule has 0 aliphatic carbocycles. The molecule has 0 unspecified atom stereocenters. The lowest BCUT2D eigenvalue weighted by Crippen LogP contribution is -2.25. The molecule has 0 saturated heterocycles. The van der Waals surface area contributed by atoms with Gasteiger partial charge in [0.15, 0.2) is 11.5 Å². The van der Waals surface area contributed by atoms with E-state index in [9.17, 15) is 4.79 Å². The number of amides is 1. The summed E-state index contributed by atoms with van der Waals surface area (Å²) >= 11 is 0. The summed E-state index contributed by atoms with van der Waals surface area (Å²) in [7, 11) is 0. The Labute approximate surface area is 159 Å². The topological polar surface area (TPSA) is 63.4 Å². The summed E-state index contributed by atoms with van der Waals surface area (Å²) in [5.74, 6) is 1.51. The average Bonchev–Trinajstić information content (AvgIpc) is 3.10. The van der Waals surface area contributed by atoms with Crippen molar-refractivity contribution in [3.05, 3.63) is 60.3 Å². The molecule has 2 N–H and O–H groups in total. The highest BCUT2D eigenvalue weighted by molar-refractivity contribution is 5.83. The highest BCUT2D eigenvalue weighted by atomic mass is 16.5. The first-order valence-electron chi connectivity index (χ1n) is 9.44. The summed E-state index contributed by atoms with van der Waals surface area (Å²) in [5.41, 5.74) is 2.35. The highest BCUT2D eigenvalue weighted by Crippen LogP contribution is 2.26. The van der Waals surface area contributed by atoms with Crippen molar-refractivity contribution >= 4 is 16.8 Å². The maximum absolute atomic E-state index is 12.0. The van der Waals surface area contributed by atoms with E-state index in [1.54, 1.807) is 0 Å². The third-order valence-electron chi connectivity index (χ3n) is 4.35. The maximum Gasteiger partial charge on any atom is 0.220 e. The van der Waals surface area contributed by atoms with Gasteiger partial charge in [0.25, 0.3) is 0 Å². The Bertz CT molecular complexity index is 873. The minimum absolute atomic E-state index is 0.0523. The number of benzene rings is 2. The molecule has 1 heterocycles. The van der Waals surface area contributed by atoms with Crippen molar-refractivity contribution in [3.8, 4) is 11.5 Å². The fourth-order valence-corrected chi connectivity index (χ4v) is 3.02. The number of carbonyl (C=O) groups is 1. The summed E-state index contributed by atoms with van der Waals surface area (Å²) in [5, 5.41) is 4.20. The van der Waals surface area contributed by atoms with Gasteiger partial charge >= 0.3 is 0 Å². The van der Waals surface area contributed by atoms with Crippen LogP contribution in [-0.4, -0.2) is 30.6 Å². The fourth-order valence-electron chi connectivity index (χ4n) is 3.02. The molecule has 27 heavy (non-hydrogen) atoms. The van der Waals surface area contributed by atoms with Gasteiger partial charge in [0.2, 0.25) is 5.91 Å². The van der Waals surface area contributed by atoms with E-state index >= 15 is 0 Å². The number of nitrogens with one attached hydrogen (secondary N) is 2. The number of carbonyl (C=O) groups excluding carboxylic acids is 1. The molecule has 5 heteroatoms. The quantitative estimate of drug-likeness (QED) is 0.531. The standard InChI is InChI=1S/C22H26N2O3/c1-2-26-20-10-5-6-11-21(20)27-15-7-12-22(25)23-14-13-17-16-24-19-9-4-3-8-18(17)19/h3-6,8-11,16,24H,2,7,12-15H2,1H3,(H,23,25). The van der Waals surface area contributed by atoms with E-state index in [4.69, 9.17) is 9.47 Å². The Morgan fingerprint density at radius 2 is 1.78 bits per heavy atom.